The summed E-state index contributed by atoms with van der Waals surface area (Å²) in [4.78, 5) is 14.1. The van der Waals surface area contributed by atoms with Gasteiger partial charge in [0.05, 0.1) is 0 Å². The van der Waals surface area contributed by atoms with Crippen molar-refractivity contribution in [3.63, 3.8) is 0 Å². The van der Waals surface area contributed by atoms with Crippen molar-refractivity contribution >= 4 is 11.6 Å². The molecule has 21 heavy (non-hydrogen) atoms. The van der Waals surface area contributed by atoms with E-state index in [4.69, 9.17) is 0 Å². The van der Waals surface area contributed by atoms with E-state index in [-0.39, 0.29) is 5.91 Å². The quantitative estimate of drug-likeness (QED) is 0.800. The zero-order chi connectivity index (χ0) is 15.2. The highest BCUT2D eigenvalue weighted by molar-refractivity contribution is 5.92. The predicted molar refractivity (Wildman–Crippen MR) is 88.7 cm³/mol. The summed E-state index contributed by atoms with van der Waals surface area (Å²) < 4.78 is 0. The Hall–Kier alpha value is -2.09. The monoisotopic (exact) mass is 281 g/mol. The summed E-state index contributed by atoms with van der Waals surface area (Å²) in [6, 6.07) is 16.6. The van der Waals surface area contributed by atoms with Gasteiger partial charge in [0, 0.05) is 19.2 Å². The molecule has 0 aliphatic rings. The molecule has 0 fully saturated rings. The fourth-order valence-corrected chi connectivity index (χ4v) is 2.54. The van der Waals surface area contributed by atoms with Crippen molar-refractivity contribution in [3.05, 3.63) is 65.2 Å². The fraction of sp³-hybridized carbons (Fsp3) is 0.316. The van der Waals surface area contributed by atoms with Crippen LogP contribution in [0.25, 0.3) is 0 Å². The number of hydrogen-bond acceptors (Lipinski definition) is 1. The minimum Gasteiger partial charge on any atom is -0.315 e. The van der Waals surface area contributed by atoms with Crippen molar-refractivity contribution in [2.75, 3.05) is 11.9 Å². The molecule has 0 bridgehead atoms. The Morgan fingerprint density at radius 3 is 2.24 bits per heavy atom. The van der Waals surface area contributed by atoms with Gasteiger partial charge in [0.15, 0.2) is 0 Å². The molecule has 0 unspecified atom stereocenters. The van der Waals surface area contributed by atoms with Crippen molar-refractivity contribution in [3.8, 4) is 0 Å². The standard InChI is InChI=1S/C19H23NO/c1-15-12-16(2)14-18(13-15)20(3)19(21)11-7-10-17-8-5-4-6-9-17/h4-6,8-9,12-14H,7,10-11H2,1-3H3. The van der Waals surface area contributed by atoms with E-state index < -0.39 is 0 Å². The number of anilines is 1. The van der Waals surface area contributed by atoms with Crippen LogP contribution in [0.4, 0.5) is 5.69 Å². The van der Waals surface area contributed by atoms with Crippen molar-refractivity contribution in [1.82, 2.24) is 0 Å². The second-order valence-corrected chi connectivity index (χ2v) is 5.64. The van der Waals surface area contributed by atoms with Crippen LogP contribution in [0.15, 0.2) is 48.5 Å². The lowest BCUT2D eigenvalue weighted by atomic mass is 10.1. The molecule has 0 spiro atoms. The van der Waals surface area contributed by atoms with Crippen LogP contribution < -0.4 is 4.90 Å². The van der Waals surface area contributed by atoms with Crippen LogP contribution in [-0.4, -0.2) is 13.0 Å². The molecule has 0 saturated carbocycles. The van der Waals surface area contributed by atoms with Crippen molar-refractivity contribution in [2.45, 2.75) is 33.1 Å². The predicted octanol–water partition coefficient (Wildman–Crippen LogP) is 4.29. The molecule has 2 rings (SSSR count). The SMILES string of the molecule is Cc1cc(C)cc(N(C)C(=O)CCCc2ccccc2)c1. The maximum Gasteiger partial charge on any atom is 0.226 e. The van der Waals surface area contributed by atoms with E-state index >= 15 is 0 Å². The molecule has 110 valence electrons. The molecule has 0 heterocycles. The van der Waals surface area contributed by atoms with Gasteiger partial charge in [-0.3, -0.25) is 4.79 Å². The molecule has 2 nitrogen and oxygen atoms in total. The molecular weight excluding hydrogens is 258 g/mol. The highest BCUT2D eigenvalue weighted by Crippen LogP contribution is 2.18. The molecule has 0 aromatic heterocycles. The van der Waals surface area contributed by atoms with Crippen LogP contribution in [0, 0.1) is 13.8 Å². The van der Waals surface area contributed by atoms with Crippen molar-refractivity contribution < 1.29 is 4.79 Å². The second-order valence-electron chi connectivity index (χ2n) is 5.64. The number of aryl methyl sites for hydroxylation is 3. The number of hydrogen-bond donors (Lipinski definition) is 0. The van der Waals surface area contributed by atoms with E-state index in [1.54, 1.807) is 4.90 Å². The maximum atomic E-state index is 12.3. The van der Waals surface area contributed by atoms with E-state index in [9.17, 15) is 4.79 Å². The molecule has 0 N–H and O–H groups in total. The van der Waals surface area contributed by atoms with E-state index in [2.05, 4.69) is 44.2 Å². The van der Waals surface area contributed by atoms with Crippen molar-refractivity contribution in [1.29, 1.82) is 0 Å². The zero-order valence-electron chi connectivity index (χ0n) is 13.1. The van der Waals surface area contributed by atoms with E-state index in [0.717, 1.165) is 18.5 Å². The molecule has 0 saturated heterocycles. The highest BCUT2D eigenvalue weighted by atomic mass is 16.2. The third-order valence-corrected chi connectivity index (χ3v) is 3.67. The Morgan fingerprint density at radius 1 is 1.00 bits per heavy atom. The molecule has 2 aromatic rings. The third kappa shape index (κ3) is 4.45. The lowest BCUT2D eigenvalue weighted by Crippen LogP contribution is -2.26. The van der Waals surface area contributed by atoms with Crippen LogP contribution in [-0.2, 0) is 11.2 Å². The average Bonchev–Trinajstić information content (AvgIpc) is 2.46. The number of carbonyl (C=O) groups excluding carboxylic acids is 1. The first-order valence-corrected chi connectivity index (χ1v) is 7.45. The molecule has 0 radical (unpaired) electrons. The Bertz CT molecular complexity index is 584. The Kier molecular flexibility index (Phi) is 5.15. The van der Waals surface area contributed by atoms with Gasteiger partial charge in [-0.15, -0.1) is 0 Å². The van der Waals surface area contributed by atoms with Gasteiger partial charge in [0.25, 0.3) is 0 Å². The van der Waals surface area contributed by atoms with Gasteiger partial charge >= 0.3 is 0 Å². The second kappa shape index (κ2) is 7.07. The Morgan fingerprint density at radius 2 is 1.62 bits per heavy atom. The van der Waals surface area contributed by atoms with Gasteiger partial charge in [-0.2, -0.15) is 0 Å². The molecule has 2 heteroatoms. The van der Waals surface area contributed by atoms with Crippen LogP contribution >= 0.6 is 0 Å². The molecule has 1 amide bonds. The molecule has 2 aromatic carbocycles. The third-order valence-electron chi connectivity index (χ3n) is 3.67. The number of carbonyl (C=O) groups is 1. The van der Waals surface area contributed by atoms with Gasteiger partial charge in [0.1, 0.15) is 0 Å². The number of nitrogens with zero attached hydrogens (tertiary/aromatic N) is 1. The number of rotatable bonds is 5. The van der Waals surface area contributed by atoms with Gasteiger partial charge in [-0.1, -0.05) is 36.4 Å². The number of amides is 1. The lowest BCUT2D eigenvalue weighted by Gasteiger charge is -2.18. The first-order valence-electron chi connectivity index (χ1n) is 7.45. The Balaban J connectivity index is 1.90. The summed E-state index contributed by atoms with van der Waals surface area (Å²) in [6.07, 6.45) is 2.42. The normalized spacial score (nSPS) is 10.4. The summed E-state index contributed by atoms with van der Waals surface area (Å²) in [5.74, 6) is 0.177. The van der Waals surface area contributed by atoms with Gasteiger partial charge < -0.3 is 4.90 Å². The zero-order valence-corrected chi connectivity index (χ0v) is 13.1. The smallest absolute Gasteiger partial charge is 0.226 e. The van der Waals surface area contributed by atoms with Crippen LogP contribution in [0.3, 0.4) is 0 Å². The highest BCUT2D eigenvalue weighted by Gasteiger charge is 2.11. The summed E-state index contributed by atoms with van der Waals surface area (Å²) in [6.45, 7) is 4.12. The molecule has 0 aliphatic heterocycles. The minimum absolute atomic E-state index is 0.177. The molecule has 0 atom stereocenters. The summed E-state index contributed by atoms with van der Waals surface area (Å²) >= 11 is 0. The van der Waals surface area contributed by atoms with Crippen molar-refractivity contribution in [2.24, 2.45) is 0 Å². The molecule has 0 aliphatic carbocycles. The fourth-order valence-electron chi connectivity index (χ4n) is 2.54. The summed E-state index contributed by atoms with van der Waals surface area (Å²) in [5.41, 5.74) is 4.65. The summed E-state index contributed by atoms with van der Waals surface area (Å²) in [5, 5.41) is 0. The lowest BCUT2D eigenvalue weighted by molar-refractivity contribution is -0.118. The molecular formula is C19H23NO. The van der Waals surface area contributed by atoms with Crippen LogP contribution in [0.2, 0.25) is 0 Å². The largest absolute Gasteiger partial charge is 0.315 e. The average molecular weight is 281 g/mol. The minimum atomic E-state index is 0.177. The van der Waals surface area contributed by atoms with Gasteiger partial charge in [-0.25, -0.2) is 0 Å². The summed E-state index contributed by atoms with van der Waals surface area (Å²) in [7, 11) is 1.86. The topological polar surface area (TPSA) is 20.3 Å². The first-order chi connectivity index (χ1) is 10.1. The first kappa shape index (κ1) is 15.3. The van der Waals surface area contributed by atoms with Crippen LogP contribution in [0.1, 0.15) is 29.5 Å². The van der Waals surface area contributed by atoms with E-state index in [1.165, 1.54) is 16.7 Å². The number of benzene rings is 2. The van der Waals surface area contributed by atoms with Crippen LogP contribution in [0.5, 0.6) is 0 Å². The van der Waals surface area contributed by atoms with Gasteiger partial charge in [0.2, 0.25) is 5.91 Å². The van der Waals surface area contributed by atoms with E-state index in [0.29, 0.717) is 6.42 Å². The van der Waals surface area contributed by atoms with E-state index in [1.807, 2.05) is 25.2 Å². The maximum absolute atomic E-state index is 12.3. The van der Waals surface area contributed by atoms with Gasteiger partial charge in [-0.05, 0) is 55.5 Å². The Labute approximate surface area is 127 Å².